The quantitative estimate of drug-likeness (QED) is 0.160. The summed E-state index contributed by atoms with van der Waals surface area (Å²) < 4.78 is 12.7. The standard InChI is InChI=1S/C31H37N5O5S/c1-18(2)27(35-30(39)41-31(4,5)6)29(38)40-14-13-36-19(3)33-24-17-21(10-12-25(24)36)28(37)34-23-16-20(9-11-22(23)32)26-8-7-15-42-26/h7-12,15-18,27H,13-14,32H2,1-6H3,(H,34,37)(H,35,39)/t27-/m1/s1. The highest BCUT2D eigenvalue weighted by Gasteiger charge is 2.28. The van der Waals surface area contributed by atoms with Crippen molar-refractivity contribution in [3.05, 3.63) is 65.3 Å². The summed E-state index contributed by atoms with van der Waals surface area (Å²) in [6, 6.07) is 14.0. The van der Waals surface area contributed by atoms with Gasteiger partial charge in [0.1, 0.15) is 24.1 Å². The number of hydrogen-bond donors (Lipinski definition) is 3. The molecule has 4 N–H and O–H groups in total. The van der Waals surface area contributed by atoms with Crippen molar-refractivity contribution in [2.75, 3.05) is 17.7 Å². The molecule has 2 amide bonds. The first kappa shape index (κ1) is 30.6. The number of nitrogens with one attached hydrogen (secondary N) is 2. The van der Waals surface area contributed by atoms with Crippen molar-refractivity contribution in [2.45, 2.75) is 59.7 Å². The molecule has 4 aromatic rings. The number of nitrogen functional groups attached to an aromatic ring is 1. The van der Waals surface area contributed by atoms with Crippen LogP contribution in [0.4, 0.5) is 16.2 Å². The van der Waals surface area contributed by atoms with Crippen molar-refractivity contribution < 1.29 is 23.9 Å². The van der Waals surface area contributed by atoms with Gasteiger partial charge in [-0.2, -0.15) is 0 Å². The lowest BCUT2D eigenvalue weighted by Crippen LogP contribution is -2.47. The molecule has 4 rings (SSSR count). The van der Waals surface area contributed by atoms with Gasteiger partial charge in [0, 0.05) is 10.4 Å². The van der Waals surface area contributed by atoms with E-state index in [1.807, 2.05) is 61.1 Å². The van der Waals surface area contributed by atoms with Gasteiger partial charge < -0.3 is 30.4 Å². The summed E-state index contributed by atoms with van der Waals surface area (Å²) >= 11 is 1.61. The molecule has 10 nitrogen and oxygen atoms in total. The molecule has 0 aliphatic heterocycles. The molecule has 2 aromatic carbocycles. The van der Waals surface area contributed by atoms with Gasteiger partial charge >= 0.3 is 12.1 Å². The van der Waals surface area contributed by atoms with Crippen LogP contribution in [-0.4, -0.2) is 45.8 Å². The van der Waals surface area contributed by atoms with Gasteiger partial charge in [-0.15, -0.1) is 11.3 Å². The lowest BCUT2D eigenvalue weighted by molar-refractivity contribution is -0.147. The summed E-state index contributed by atoms with van der Waals surface area (Å²) in [5.74, 6) is -0.331. The van der Waals surface area contributed by atoms with E-state index < -0.39 is 23.7 Å². The van der Waals surface area contributed by atoms with Crippen LogP contribution in [0.3, 0.4) is 0 Å². The third kappa shape index (κ3) is 7.47. The molecule has 0 aliphatic rings. The Morgan fingerprint density at radius 1 is 1.10 bits per heavy atom. The third-order valence-electron chi connectivity index (χ3n) is 6.46. The number of nitrogens with two attached hydrogens (primary N) is 1. The Kier molecular flexibility index (Phi) is 9.20. The fourth-order valence-corrected chi connectivity index (χ4v) is 5.11. The second-order valence-electron chi connectivity index (χ2n) is 11.3. The minimum Gasteiger partial charge on any atom is -0.462 e. The molecule has 1 atom stereocenters. The van der Waals surface area contributed by atoms with Crippen LogP contribution in [0.2, 0.25) is 0 Å². The van der Waals surface area contributed by atoms with E-state index in [-0.39, 0.29) is 18.4 Å². The average molecular weight is 592 g/mol. The Morgan fingerprint density at radius 2 is 1.86 bits per heavy atom. The van der Waals surface area contributed by atoms with Gasteiger partial charge in [-0.25, -0.2) is 14.6 Å². The average Bonchev–Trinajstić information content (AvgIpc) is 3.55. The molecule has 0 aliphatic carbocycles. The van der Waals surface area contributed by atoms with E-state index >= 15 is 0 Å². The van der Waals surface area contributed by atoms with Crippen LogP contribution in [0.1, 0.15) is 50.8 Å². The monoisotopic (exact) mass is 591 g/mol. The summed E-state index contributed by atoms with van der Waals surface area (Å²) in [6.07, 6.45) is -0.674. The molecule has 2 aromatic heterocycles. The van der Waals surface area contributed by atoms with Crippen molar-refractivity contribution in [3.63, 3.8) is 0 Å². The topological polar surface area (TPSA) is 138 Å². The molecule has 11 heteroatoms. The summed E-state index contributed by atoms with van der Waals surface area (Å²) in [4.78, 5) is 43.8. The van der Waals surface area contributed by atoms with Crippen molar-refractivity contribution in [3.8, 4) is 10.4 Å². The number of rotatable bonds is 9. The molecule has 0 fully saturated rings. The zero-order chi connectivity index (χ0) is 30.6. The number of hydrogen-bond acceptors (Lipinski definition) is 8. The van der Waals surface area contributed by atoms with Crippen molar-refractivity contribution in [2.24, 2.45) is 5.92 Å². The molecule has 0 saturated carbocycles. The van der Waals surface area contributed by atoms with Crippen LogP contribution in [0.5, 0.6) is 0 Å². The maximum atomic E-state index is 13.1. The van der Waals surface area contributed by atoms with Crippen molar-refractivity contribution in [1.29, 1.82) is 0 Å². The molecule has 0 saturated heterocycles. The number of aromatic nitrogens is 2. The lowest BCUT2D eigenvalue weighted by atomic mass is 10.1. The highest BCUT2D eigenvalue weighted by atomic mass is 32.1. The van der Waals surface area contributed by atoms with E-state index in [1.165, 1.54) is 0 Å². The summed E-state index contributed by atoms with van der Waals surface area (Å²) in [6.45, 7) is 11.2. The zero-order valence-electron chi connectivity index (χ0n) is 24.7. The summed E-state index contributed by atoms with van der Waals surface area (Å²) in [5, 5.41) is 7.52. The lowest BCUT2D eigenvalue weighted by Gasteiger charge is -2.24. The van der Waals surface area contributed by atoms with Gasteiger partial charge in [-0.1, -0.05) is 26.0 Å². The van der Waals surface area contributed by atoms with Crippen LogP contribution in [0.25, 0.3) is 21.5 Å². The largest absolute Gasteiger partial charge is 0.462 e. The number of thiophene rings is 1. The minimum atomic E-state index is -0.846. The van der Waals surface area contributed by atoms with Crippen LogP contribution in [0.15, 0.2) is 53.9 Å². The Hall–Kier alpha value is -4.38. The molecule has 42 heavy (non-hydrogen) atoms. The fourth-order valence-electron chi connectivity index (χ4n) is 4.39. The predicted molar refractivity (Wildman–Crippen MR) is 166 cm³/mol. The zero-order valence-corrected chi connectivity index (χ0v) is 25.5. The number of esters is 1. The number of carbonyl (C=O) groups excluding carboxylic acids is 3. The third-order valence-corrected chi connectivity index (χ3v) is 7.38. The van der Waals surface area contributed by atoms with E-state index in [1.54, 1.807) is 50.3 Å². The van der Waals surface area contributed by atoms with Crippen molar-refractivity contribution >= 4 is 51.7 Å². The maximum absolute atomic E-state index is 13.1. The van der Waals surface area contributed by atoms with Gasteiger partial charge in [-0.05, 0) is 81.0 Å². The van der Waals surface area contributed by atoms with Gasteiger partial charge in [-0.3, -0.25) is 4.79 Å². The Bertz CT molecular complexity index is 1590. The Labute approximate surface area is 249 Å². The number of alkyl carbamates (subject to hydrolysis) is 1. The SMILES string of the molecule is Cc1nc2cc(C(=O)Nc3cc(-c4cccs4)ccc3N)ccc2n1CCOC(=O)[C@H](NC(=O)OC(C)(C)C)C(C)C. The van der Waals surface area contributed by atoms with Gasteiger partial charge in [0.05, 0.1) is 29.0 Å². The fraction of sp³-hybridized carbons (Fsp3) is 0.355. The predicted octanol–water partition coefficient (Wildman–Crippen LogP) is 6.00. The van der Waals surface area contributed by atoms with Crippen LogP contribution >= 0.6 is 11.3 Å². The first-order chi connectivity index (χ1) is 19.8. The number of benzene rings is 2. The minimum absolute atomic E-state index is 0.0758. The Balaban J connectivity index is 1.41. The number of imidazole rings is 1. The molecule has 222 valence electrons. The van der Waals surface area contributed by atoms with Gasteiger partial charge in [0.25, 0.3) is 5.91 Å². The first-order valence-electron chi connectivity index (χ1n) is 13.7. The number of fused-ring (bicyclic) bond motifs is 1. The van der Waals surface area contributed by atoms with Crippen LogP contribution in [-0.2, 0) is 20.8 Å². The normalized spacial score (nSPS) is 12.3. The molecule has 0 unspecified atom stereocenters. The molecular weight excluding hydrogens is 554 g/mol. The summed E-state index contributed by atoms with van der Waals surface area (Å²) in [7, 11) is 0. The number of aryl methyl sites for hydroxylation is 1. The smallest absolute Gasteiger partial charge is 0.408 e. The highest BCUT2D eigenvalue weighted by Crippen LogP contribution is 2.30. The van der Waals surface area contributed by atoms with E-state index in [4.69, 9.17) is 15.2 Å². The number of amides is 2. The number of carbonyl (C=O) groups is 3. The molecule has 0 spiro atoms. The summed E-state index contributed by atoms with van der Waals surface area (Å²) in [5.41, 5.74) is 9.32. The molecular formula is C31H37N5O5S. The van der Waals surface area contributed by atoms with E-state index in [0.717, 1.165) is 16.0 Å². The maximum Gasteiger partial charge on any atom is 0.408 e. The van der Waals surface area contributed by atoms with Gasteiger partial charge in [0.2, 0.25) is 0 Å². The molecule has 2 heterocycles. The van der Waals surface area contributed by atoms with Crippen LogP contribution in [0, 0.1) is 12.8 Å². The number of ether oxygens (including phenoxy) is 2. The molecule has 0 bridgehead atoms. The van der Waals surface area contributed by atoms with Crippen LogP contribution < -0.4 is 16.4 Å². The second kappa shape index (κ2) is 12.6. The van der Waals surface area contributed by atoms with E-state index in [0.29, 0.717) is 34.8 Å². The second-order valence-corrected chi connectivity index (χ2v) is 12.2. The van der Waals surface area contributed by atoms with Crippen molar-refractivity contribution in [1.82, 2.24) is 14.9 Å². The molecule has 0 radical (unpaired) electrons. The Morgan fingerprint density at radius 3 is 2.52 bits per heavy atom. The van der Waals surface area contributed by atoms with E-state index in [2.05, 4.69) is 15.6 Å². The first-order valence-corrected chi connectivity index (χ1v) is 14.6. The highest BCUT2D eigenvalue weighted by molar-refractivity contribution is 7.13. The van der Waals surface area contributed by atoms with Gasteiger partial charge in [0.15, 0.2) is 0 Å². The van der Waals surface area contributed by atoms with E-state index in [9.17, 15) is 14.4 Å². The number of nitrogens with zero attached hydrogens (tertiary/aromatic N) is 2. The number of anilines is 2.